The van der Waals surface area contributed by atoms with Gasteiger partial charge in [0.05, 0.1) is 6.61 Å². The third-order valence-corrected chi connectivity index (χ3v) is 4.44. The molecule has 2 aromatic rings. The number of carbonyl (C=O) groups is 1. The number of pyridine rings is 1. The van der Waals surface area contributed by atoms with E-state index in [1.165, 1.54) is 6.08 Å². The van der Waals surface area contributed by atoms with Crippen LogP contribution in [0.3, 0.4) is 0 Å². The Morgan fingerprint density at radius 3 is 2.42 bits per heavy atom. The monoisotopic (exact) mass is 428 g/mol. The first-order chi connectivity index (χ1) is 15.0. The highest BCUT2D eigenvalue weighted by atomic mass is 16.5. The molecule has 0 aliphatic heterocycles. The lowest BCUT2D eigenvalue weighted by Gasteiger charge is -2.14. The second kappa shape index (κ2) is 13.4. The van der Waals surface area contributed by atoms with Gasteiger partial charge in [0.15, 0.2) is 5.78 Å². The van der Waals surface area contributed by atoms with Crippen molar-refractivity contribution in [3.63, 3.8) is 0 Å². The molecule has 7 heteroatoms. The number of carbonyl (C=O) groups excluding carboxylic acids is 1. The van der Waals surface area contributed by atoms with Crippen LogP contribution in [0.25, 0.3) is 0 Å². The summed E-state index contributed by atoms with van der Waals surface area (Å²) in [6.45, 7) is 5.43. The Morgan fingerprint density at radius 2 is 1.77 bits per heavy atom. The van der Waals surface area contributed by atoms with Gasteiger partial charge in [0.1, 0.15) is 24.2 Å². The van der Waals surface area contributed by atoms with Gasteiger partial charge < -0.3 is 24.6 Å². The van der Waals surface area contributed by atoms with Gasteiger partial charge >= 0.3 is 0 Å². The Morgan fingerprint density at radius 1 is 1.10 bits per heavy atom. The summed E-state index contributed by atoms with van der Waals surface area (Å²) in [5.41, 5.74) is 2.05. The Balaban J connectivity index is 1.68. The third kappa shape index (κ3) is 9.63. The van der Waals surface area contributed by atoms with E-state index in [1.54, 1.807) is 32.4 Å². The van der Waals surface area contributed by atoms with E-state index >= 15 is 0 Å². The van der Waals surface area contributed by atoms with Crippen molar-refractivity contribution in [3.05, 3.63) is 65.6 Å². The van der Waals surface area contributed by atoms with Crippen LogP contribution in [0.4, 0.5) is 0 Å². The van der Waals surface area contributed by atoms with Gasteiger partial charge in [0, 0.05) is 49.5 Å². The maximum Gasteiger partial charge on any atom is 0.189 e. The Hall–Kier alpha value is -2.90. The number of allylic oxidation sites excluding steroid dienone is 2. The minimum Gasteiger partial charge on any atom is -0.494 e. The normalized spacial score (nSPS) is 12.3. The topological polar surface area (TPSA) is 89.9 Å². The van der Waals surface area contributed by atoms with Crippen LogP contribution < -0.4 is 14.8 Å². The molecule has 0 spiro atoms. The minimum atomic E-state index is -0.726. The summed E-state index contributed by atoms with van der Waals surface area (Å²) in [6, 6.07) is 10.8. The average Bonchev–Trinajstić information content (AvgIpc) is 2.77. The van der Waals surface area contributed by atoms with E-state index in [0.717, 1.165) is 30.9 Å². The lowest BCUT2D eigenvalue weighted by Crippen LogP contribution is -2.30. The molecule has 1 aromatic carbocycles. The number of aromatic nitrogens is 1. The number of aliphatic hydroxyl groups excluding tert-OH is 1. The first-order valence-electron chi connectivity index (χ1n) is 10.4. The molecule has 0 saturated heterocycles. The largest absolute Gasteiger partial charge is 0.494 e. The molecule has 0 amide bonds. The van der Waals surface area contributed by atoms with E-state index in [9.17, 15) is 9.90 Å². The Bertz CT molecular complexity index is 819. The summed E-state index contributed by atoms with van der Waals surface area (Å²) < 4.78 is 16.3. The van der Waals surface area contributed by atoms with Crippen molar-refractivity contribution in [3.8, 4) is 11.5 Å². The van der Waals surface area contributed by atoms with Gasteiger partial charge in [-0.15, -0.1) is 0 Å². The van der Waals surface area contributed by atoms with Gasteiger partial charge in [-0.1, -0.05) is 0 Å². The SMILES string of the molecule is COCCCCOc1ccc(OCC(O)CN/C(C)=C/C(=O)c2ccc(C)nc2)cc1. The van der Waals surface area contributed by atoms with E-state index < -0.39 is 6.10 Å². The number of hydrogen-bond acceptors (Lipinski definition) is 7. The predicted octanol–water partition coefficient (Wildman–Crippen LogP) is 3.31. The molecule has 0 bridgehead atoms. The van der Waals surface area contributed by atoms with E-state index in [0.29, 0.717) is 23.6 Å². The van der Waals surface area contributed by atoms with Crippen LogP contribution >= 0.6 is 0 Å². The lowest BCUT2D eigenvalue weighted by atomic mass is 10.1. The second-order valence-electron chi connectivity index (χ2n) is 7.25. The van der Waals surface area contributed by atoms with E-state index in [1.807, 2.05) is 31.2 Å². The molecule has 1 aromatic heterocycles. The van der Waals surface area contributed by atoms with Crippen molar-refractivity contribution < 1.29 is 24.1 Å². The molecule has 0 aliphatic carbocycles. The summed E-state index contributed by atoms with van der Waals surface area (Å²) >= 11 is 0. The van der Waals surface area contributed by atoms with E-state index in [4.69, 9.17) is 14.2 Å². The zero-order valence-electron chi connectivity index (χ0n) is 18.5. The summed E-state index contributed by atoms with van der Waals surface area (Å²) in [4.78, 5) is 16.3. The Kier molecular flexibility index (Phi) is 10.5. The average molecular weight is 429 g/mol. The molecule has 31 heavy (non-hydrogen) atoms. The highest BCUT2D eigenvalue weighted by Crippen LogP contribution is 2.18. The number of methoxy groups -OCH3 is 1. The van der Waals surface area contributed by atoms with Gasteiger partial charge in [-0.2, -0.15) is 0 Å². The maximum absolute atomic E-state index is 12.2. The van der Waals surface area contributed by atoms with Gasteiger partial charge in [0.25, 0.3) is 0 Å². The number of unbranched alkanes of at least 4 members (excludes halogenated alkanes) is 1. The third-order valence-electron chi connectivity index (χ3n) is 4.44. The number of benzene rings is 1. The molecule has 2 N–H and O–H groups in total. The number of nitrogens with one attached hydrogen (secondary N) is 1. The number of nitrogens with zero attached hydrogens (tertiary/aromatic N) is 1. The lowest BCUT2D eigenvalue weighted by molar-refractivity contribution is 0.103. The van der Waals surface area contributed by atoms with Crippen LogP contribution in [0.5, 0.6) is 11.5 Å². The summed E-state index contributed by atoms with van der Waals surface area (Å²) in [6.07, 6.45) is 4.23. The number of aliphatic hydroxyl groups is 1. The van der Waals surface area contributed by atoms with Crippen molar-refractivity contribution >= 4 is 5.78 Å². The second-order valence-corrected chi connectivity index (χ2v) is 7.25. The van der Waals surface area contributed by atoms with Crippen molar-refractivity contribution in [2.45, 2.75) is 32.8 Å². The number of hydrogen-bond donors (Lipinski definition) is 2. The molecule has 168 valence electrons. The van der Waals surface area contributed by atoms with Crippen molar-refractivity contribution in [2.24, 2.45) is 0 Å². The molecular weight excluding hydrogens is 396 g/mol. The van der Waals surface area contributed by atoms with Gasteiger partial charge in [0.2, 0.25) is 0 Å². The Labute approximate surface area is 184 Å². The smallest absolute Gasteiger partial charge is 0.189 e. The van der Waals surface area contributed by atoms with Gasteiger partial charge in [-0.25, -0.2) is 0 Å². The summed E-state index contributed by atoms with van der Waals surface area (Å²) in [7, 11) is 1.69. The zero-order chi connectivity index (χ0) is 22.5. The first kappa shape index (κ1) is 24.4. The van der Waals surface area contributed by atoms with Crippen LogP contribution in [-0.2, 0) is 4.74 Å². The number of ketones is 1. The number of ether oxygens (including phenoxy) is 3. The summed E-state index contributed by atoms with van der Waals surface area (Å²) in [5, 5.41) is 13.2. The van der Waals surface area contributed by atoms with Crippen molar-refractivity contribution in [1.29, 1.82) is 0 Å². The highest BCUT2D eigenvalue weighted by Gasteiger charge is 2.07. The fourth-order valence-corrected chi connectivity index (χ4v) is 2.65. The van der Waals surface area contributed by atoms with Crippen LogP contribution in [0.15, 0.2) is 54.4 Å². The highest BCUT2D eigenvalue weighted by molar-refractivity contribution is 6.04. The van der Waals surface area contributed by atoms with Crippen LogP contribution in [-0.4, -0.2) is 55.5 Å². The molecule has 7 nitrogen and oxygen atoms in total. The predicted molar refractivity (Wildman–Crippen MR) is 120 cm³/mol. The molecule has 0 fully saturated rings. The molecule has 0 saturated carbocycles. The molecule has 1 atom stereocenters. The van der Waals surface area contributed by atoms with Crippen molar-refractivity contribution in [1.82, 2.24) is 10.3 Å². The molecule has 1 heterocycles. The van der Waals surface area contributed by atoms with E-state index in [-0.39, 0.29) is 18.9 Å². The van der Waals surface area contributed by atoms with Crippen LogP contribution in [0.1, 0.15) is 35.8 Å². The van der Waals surface area contributed by atoms with Crippen molar-refractivity contribution in [2.75, 3.05) is 33.5 Å². The molecule has 2 rings (SSSR count). The number of aryl methyl sites for hydroxylation is 1. The van der Waals surface area contributed by atoms with Crippen LogP contribution in [0, 0.1) is 6.92 Å². The fourth-order valence-electron chi connectivity index (χ4n) is 2.65. The summed E-state index contributed by atoms with van der Waals surface area (Å²) in [5.74, 6) is 1.30. The van der Waals surface area contributed by atoms with Crippen LogP contribution in [0.2, 0.25) is 0 Å². The van der Waals surface area contributed by atoms with Gasteiger partial charge in [-0.05, 0) is 63.1 Å². The molecule has 0 aliphatic rings. The van der Waals surface area contributed by atoms with E-state index in [2.05, 4.69) is 10.3 Å². The zero-order valence-corrected chi connectivity index (χ0v) is 18.5. The fraction of sp³-hybridized carbons (Fsp3) is 0.417. The molecule has 0 radical (unpaired) electrons. The van der Waals surface area contributed by atoms with Gasteiger partial charge in [-0.3, -0.25) is 9.78 Å². The minimum absolute atomic E-state index is 0.132. The first-order valence-corrected chi connectivity index (χ1v) is 10.4. The standard InChI is InChI=1S/C24H32N2O5/c1-18-6-7-20(15-25-18)24(28)14-19(2)26-16-21(27)17-31-23-10-8-22(9-11-23)30-13-5-4-12-29-3/h6-11,14-15,21,26-27H,4-5,12-13,16-17H2,1-3H3/b19-14+. The maximum atomic E-state index is 12.2. The number of rotatable bonds is 14. The quantitative estimate of drug-likeness (QED) is 0.271. The molecular formula is C24H32N2O5. The molecule has 1 unspecified atom stereocenters.